The third-order valence-corrected chi connectivity index (χ3v) is 7.74. The molecule has 1 amide bonds. The number of nitrogens with zero attached hydrogens (tertiary/aromatic N) is 4. The molecular weight excluding hydrogens is 501 g/mol. The van der Waals surface area contributed by atoms with E-state index in [2.05, 4.69) is 56.4 Å². The number of benzene rings is 2. The third kappa shape index (κ3) is 5.69. The first-order valence-corrected chi connectivity index (χ1v) is 13.4. The Morgan fingerprint density at radius 1 is 0.974 bits per heavy atom. The summed E-state index contributed by atoms with van der Waals surface area (Å²) in [5.41, 5.74) is 4.99. The van der Waals surface area contributed by atoms with Gasteiger partial charge in [0.05, 0.1) is 0 Å². The SMILES string of the molecule is Cc1cc(-c2ccc(N3CCN(C)CC3)cc2)cc(C(=O)NC(c2nc(C)cs2)c2cc(F)ccc2O)n1. The molecule has 3 heterocycles. The number of hydrogen-bond acceptors (Lipinski definition) is 7. The number of aryl methyl sites for hydroxylation is 2. The summed E-state index contributed by atoms with van der Waals surface area (Å²) in [6.45, 7) is 7.76. The van der Waals surface area contributed by atoms with Gasteiger partial charge in [0.2, 0.25) is 0 Å². The lowest BCUT2D eigenvalue weighted by molar-refractivity contribution is 0.0937. The number of nitrogens with one attached hydrogen (secondary N) is 1. The van der Waals surface area contributed by atoms with Gasteiger partial charge in [-0.15, -0.1) is 11.3 Å². The van der Waals surface area contributed by atoms with E-state index in [-0.39, 0.29) is 17.0 Å². The Hall–Kier alpha value is -3.82. The summed E-state index contributed by atoms with van der Waals surface area (Å²) in [6.07, 6.45) is 0. The number of carbonyl (C=O) groups is 1. The van der Waals surface area contributed by atoms with Gasteiger partial charge in [0.25, 0.3) is 5.91 Å². The molecule has 196 valence electrons. The van der Waals surface area contributed by atoms with Gasteiger partial charge in [0, 0.05) is 54.2 Å². The third-order valence-electron chi connectivity index (χ3n) is 6.71. The zero-order valence-electron chi connectivity index (χ0n) is 21.6. The lowest BCUT2D eigenvalue weighted by Crippen LogP contribution is -2.44. The minimum absolute atomic E-state index is 0.122. The maximum absolute atomic E-state index is 14.1. The molecule has 1 saturated heterocycles. The smallest absolute Gasteiger partial charge is 0.270 e. The standard InChI is InChI=1S/C29H30FN5O2S/c1-18-14-21(20-4-7-23(8-5-20)35-12-10-34(3)11-13-35)15-25(31-18)28(37)33-27(29-32-19(2)17-38-29)24-16-22(30)6-9-26(24)36/h4-9,14-17,27,36H,10-13H2,1-3H3,(H,33,37). The fourth-order valence-electron chi connectivity index (χ4n) is 4.62. The molecule has 2 aromatic heterocycles. The predicted molar refractivity (Wildman–Crippen MR) is 148 cm³/mol. The molecule has 0 aliphatic carbocycles. The Morgan fingerprint density at radius 2 is 1.71 bits per heavy atom. The molecule has 7 nitrogen and oxygen atoms in total. The quantitative estimate of drug-likeness (QED) is 0.367. The largest absolute Gasteiger partial charge is 0.508 e. The first-order valence-electron chi connectivity index (χ1n) is 12.5. The molecule has 1 atom stereocenters. The number of piperazine rings is 1. The maximum Gasteiger partial charge on any atom is 0.270 e. The van der Waals surface area contributed by atoms with Crippen molar-refractivity contribution >= 4 is 22.9 Å². The van der Waals surface area contributed by atoms with Crippen LogP contribution in [0.5, 0.6) is 5.75 Å². The van der Waals surface area contributed by atoms with Crippen molar-refractivity contribution in [1.29, 1.82) is 0 Å². The first kappa shape index (κ1) is 25.8. The fourth-order valence-corrected chi connectivity index (χ4v) is 5.48. The molecule has 5 rings (SSSR count). The fraction of sp³-hybridized carbons (Fsp3) is 0.276. The molecule has 0 radical (unpaired) electrons. The van der Waals surface area contributed by atoms with Gasteiger partial charge in [-0.25, -0.2) is 14.4 Å². The highest BCUT2D eigenvalue weighted by atomic mass is 32.1. The summed E-state index contributed by atoms with van der Waals surface area (Å²) < 4.78 is 14.1. The van der Waals surface area contributed by atoms with Crippen LogP contribution >= 0.6 is 11.3 Å². The van der Waals surface area contributed by atoms with Crippen molar-refractivity contribution < 1.29 is 14.3 Å². The van der Waals surface area contributed by atoms with Crippen LogP contribution in [0.2, 0.25) is 0 Å². The van der Waals surface area contributed by atoms with Gasteiger partial charge in [0.1, 0.15) is 28.3 Å². The zero-order valence-corrected chi connectivity index (χ0v) is 22.4. The van der Waals surface area contributed by atoms with Crippen LogP contribution < -0.4 is 10.2 Å². The number of likely N-dealkylation sites (N-methyl/N-ethyl adjacent to an activating group) is 1. The molecule has 1 aliphatic heterocycles. The van der Waals surface area contributed by atoms with Crippen molar-refractivity contribution in [2.75, 3.05) is 38.1 Å². The number of thiazole rings is 1. The van der Waals surface area contributed by atoms with Crippen LogP contribution in [0.4, 0.5) is 10.1 Å². The Kier molecular flexibility index (Phi) is 7.40. The zero-order chi connectivity index (χ0) is 26.8. The summed E-state index contributed by atoms with van der Waals surface area (Å²) in [7, 11) is 2.14. The predicted octanol–water partition coefficient (Wildman–Crippen LogP) is 4.94. The maximum atomic E-state index is 14.1. The molecular formula is C29H30FN5O2S. The van der Waals surface area contributed by atoms with Crippen molar-refractivity contribution in [2.24, 2.45) is 0 Å². The van der Waals surface area contributed by atoms with Crippen LogP contribution in [0.15, 0.2) is 60.0 Å². The first-order chi connectivity index (χ1) is 18.3. The van der Waals surface area contributed by atoms with Crippen LogP contribution in [-0.4, -0.2) is 59.1 Å². The molecule has 1 aliphatic rings. The van der Waals surface area contributed by atoms with Gasteiger partial charge in [-0.2, -0.15) is 0 Å². The molecule has 38 heavy (non-hydrogen) atoms. The van der Waals surface area contributed by atoms with Gasteiger partial charge >= 0.3 is 0 Å². The molecule has 4 aromatic rings. The van der Waals surface area contributed by atoms with Crippen molar-refractivity contribution in [3.63, 3.8) is 0 Å². The number of phenolic OH excluding ortho intramolecular Hbond substituents is 1. The lowest BCUT2D eigenvalue weighted by atomic mass is 10.0. The van der Waals surface area contributed by atoms with E-state index < -0.39 is 17.8 Å². The highest BCUT2D eigenvalue weighted by molar-refractivity contribution is 7.09. The van der Waals surface area contributed by atoms with Gasteiger partial charge in [-0.3, -0.25) is 4.79 Å². The average Bonchev–Trinajstić information content (AvgIpc) is 3.34. The number of aromatic nitrogens is 2. The lowest BCUT2D eigenvalue weighted by Gasteiger charge is -2.34. The molecule has 9 heteroatoms. The molecule has 2 aromatic carbocycles. The van der Waals surface area contributed by atoms with E-state index in [4.69, 9.17) is 0 Å². The Morgan fingerprint density at radius 3 is 2.39 bits per heavy atom. The van der Waals surface area contributed by atoms with Crippen LogP contribution in [0, 0.1) is 19.7 Å². The normalized spacial score (nSPS) is 14.9. The number of rotatable bonds is 6. The van der Waals surface area contributed by atoms with Crippen molar-refractivity contribution in [3.05, 3.63) is 93.4 Å². The molecule has 1 fully saturated rings. The molecule has 0 spiro atoms. The monoisotopic (exact) mass is 531 g/mol. The summed E-state index contributed by atoms with van der Waals surface area (Å²) in [5.74, 6) is -1.07. The number of carbonyl (C=O) groups excluding carboxylic acids is 1. The van der Waals surface area contributed by atoms with E-state index in [0.29, 0.717) is 10.7 Å². The summed E-state index contributed by atoms with van der Waals surface area (Å²) in [5, 5.41) is 15.8. The minimum atomic E-state index is -0.828. The van der Waals surface area contributed by atoms with E-state index in [9.17, 15) is 14.3 Å². The number of hydrogen-bond donors (Lipinski definition) is 2. The average molecular weight is 532 g/mol. The van der Waals surface area contributed by atoms with Gasteiger partial charge < -0.3 is 20.2 Å². The number of aromatic hydroxyl groups is 1. The van der Waals surface area contributed by atoms with Gasteiger partial charge in [-0.05, 0) is 74.5 Å². The number of anilines is 1. The highest BCUT2D eigenvalue weighted by Gasteiger charge is 2.25. The second kappa shape index (κ2) is 10.9. The molecule has 0 saturated carbocycles. The van der Waals surface area contributed by atoms with E-state index in [1.165, 1.54) is 35.2 Å². The summed E-state index contributed by atoms with van der Waals surface area (Å²) in [4.78, 5) is 27.1. The van der Waals surface area contributed by atoms with Crippen LogP contribution in [0.25, 0.3) is 11.1 Å². The number of phenols is 1. The van der Waals surface area contributed by atoms with Crippen molar-refractivity contribution in [3.8, 4) is 16.9 Å². The number of halogens is 1. The second-order valence-corrected chi connectivity index (χ2v) is 10.5. The Labute approximate surface area is 225 Å². The molecule has 0 bridgehead atoms. The minimum Gasteiger partial charge on any atom is -0.508 e. The van der Waals surface area contributed by atoms with Crippen LogP contribution in [0.1, 0.15) is 38.5 Å². The Bertz CT molecular complexity index is 1450. The second-order valence-electron chi connectivity index (χ2n) is 9.66. The topological polar surface area (TPSA) is 81.6 Å². The van der Waals surface area contributed by atoms with E-state index >= 15 is 0 Å². The molecule has 2 N–H and O–H groups in total. The Balaban J connectivity index is 1.41. The summed E-state index contributed by atoms with van der Waals surface area (Å²) in [6, 6.07) is 14.9. The van der Waals surface area contributed by atoms with Crippen LogP contribution in [-0.2, 0) is 0 Å². The van der Waals surface area contributed by atoms with E-state index in [0.717, 1.165) is 43.0 Å². The number of amides is 1. The highest BCUT2D eigenvalue weighted by Crippen LogP contribution is 2.32. The van der Waals surface area contributed by atoms with Crippen molar-refractivity contribution in [1.82, 2.24) is 20.2 Å². The van der Waals surface area contributed by atoms with E-state index in [1.54, 1.807) is 6.07 Å². The van der Waals surface area contributed by atoms with Gasteiger partial charge in [-0.1, -0.05) is 12.1 Å². The van der Waals surface area contributed by atoms with Crippen LogP contribution in [0.3, 0.4) is 0 Å². The summed E-state index contributed by atoms with van der Waals surface area (Å²) >= 11 is 1.33. The van der Waals surface area contributed by atoms with Crippen molar-refractivity contribution in [2.45, 2.75) is 19.9 Å². The van der Waals surface area contributed by atoms with E-state index in [1.807, 2.05) is 25.3 Å². The molecule has 1 unspecified atom stereocenters. The van der Waals surface area contributed by atoms with Gasteiger partial charge in [0.15, 0.2) is 0 Å². The number of pyridine rings is 1.